The maximum atomic E-state index is 3.45. The molecule has 0 amide bonds. The molecule has 0 rings (SSSR count). The van der Waals surface area contributed by atoms with E-state index in [0.29, 0.717) is 5.82 Å². The normalized spacial score (nSPS) is 6.83. The number of nitrogens with zero attached hydrogens (tertiary/aromatic N) is 1. The van der Waals surface area contributed by atoms with Crippen molar-refractivity contribution in [2.45, 2.75) is 0 Å². The Kier molecular flexibility index (Phi) is 2.13. The molecule has 0 bridgehead atoms. The van der Waals surface area contributed by atoms with Gasteiger partial charge in [0.1, 0.15) is 5.82 Å². The van der Waals surface area contributed by atoms with E-state index in [-0.39, 0.29) is 0 Å². The molecular formula is C4H8N2. The Bertz CT molecular complexity index is 65.9. The molecule has 0 atom stereocenters. The summed E-state index contributed by atoms with van der Waals surface area (Å²) >= 11 is 0. The van der Waals surface area contributed by atoms with Crippen LogP contribution in [-0.2, 0) is 0 Å². The zero-order chi connectivity index (χ0) is 4.99. The summed E-state index contributed by atoms with van der Waals surface area (Å²) in [6.07, 6.45) is 0. The van der Waals surface area contributed by atoms with Crippen LogP contribution in [0, 0.1) is 0 Å². The molecule has 0 aromatic rings. The maximum Gasteiger partial charge on any atom is 0.117 e. The van der Waals surface area contributed by atoms with Crippen LogP contribution in [0.5, 0.6) is 0 Å². The number of nitrogens with one attached hydrogen (secondary N) is 1. The summed E-state index contributed by atoms with van der Waals surface area (Å²) in [5.41, 5.74) is 0. The SMILES string of the molecule is C=NC(=C)NC. The van der Waals surface area contributed by atoms with Gasteiger partial charge in [0.25, 0.3) is 0 Å². The van der Waals surface area contributed by atoms with Crippen LogP contribution in [0.1, 0.15) is 0 Å². The van der Waals surface area contributed by atoms with Crippen molar-refractivity contribution in [2.24, 2.45) is 4.99 Å². The summed E-state index contributed by atoms with van der Waals surface area (Å²) in [6.45, 7) is 6.67. The van der Waals surface area contributed by atoms with E-state index in [1.54, 1.807) is 7.05 Å². The van der Waals surface area contributed by atoms with E-state index in [1.807, 2.05) is 0 Å². The van der Waals surface area contributed by atoms with Crippen molar-refractivity contribution in [3.8, 4) is 0 Å². The van der Waals surface area contributed by atoms with Crippen molar-refractivity contribution < 1.29 is 0 Å². The Morgan fingerprint density at radius 1 is 1.83 bits per heavy atom. The van der Waals surface area contributed by atoms with Crippen molar-refractivity contribution in [1.82, 2.24) is 5.32 Å². The van der Waals surface area contributed by atoms with Gasteiger partial charge in [0.2, 0.25) is 0 Å². The fourth-order valence-electron chi connectivity index (χ4n) is 0.0791. The van der Waals surface area contributed by atoms with Crippen molar-refractivity contribution in [3.05, 3.63) is 12.4 Å². The topological polar surface area (TPSA) is 24.4 Å². The van der Waals surface area contributed by atoms with Gasteiger partial charge in [0.15, 0.2) is 0 Å². The standard InChI is InChI=1S/C4H8N2/c1-4(5-2)6-3/h6H,1-2H2,3H3. The molecule has 0 aromatic heterocycles. The highest BCUT2D eigenvalue weighted by atomic mass is 15.0. The largest absolute Gasteiger partial charge is 0.374 e. The van der Waals surface area contributed by atoms with E-state index < -0.39 is 0 Å². The van der Waals surface area contributed by atoms with Crippen LogP contribution < -0.4 is 5.32 Å². The lowest BCUT2D eigenvalue weighted by molar-refractivity contribution is 0.979. The lowest BCUT2D eigenvalue weighted by atomic mass is 10.8. The second-order valence-corrected chi connectivity index (χ2v) is 0.855. The third-order valence-corrected chi connectivity index (χ3v) is 0.479. The lowest BCUT2D eigenvalue weighted by Crippen LogP contribution is -1.99. The van der Waals surface area contributed by atoms with E-state index in [1.165, 1.54) is 0 Å². The molecule has 0 heterocycles. The van der Waals surface area contributed by atoms with Gasteiger partial charge in [-0.25, -0.2) is 4.99 Å². The summed E-state index contributed by atoms with van der Waals surface area (Å²) in [4.78, 5) is 3.45. The van der Waals surface area contributed by atoms with Gasteiger partial charge in [-0.2, -0.15) is 0 Å². The molecule has 0 aromatic carbocycles. The molecule has 0 aliphatic rings. The predicted molar refractivity (Wildman–Crippen MR) is 27.7 cm³/mol. The molecule has 6 heavy (non-hydrogen) atoms. The van der Waals surface area contributed by atoms with E-state index >= 15 is 0 Å². The third kappa shape index (κ3) is 1.52. The summed E-state index contributed by atoms with van der Waals surface area (Å²) in [6, 6.07) is 0. The quantitative estimate of drug-likeness (QED) is 0.480. The second-order valence-electron chi connectivity index (χ2n) is 0.855. The van der Waals surface area contributed by atoms with Gasteiger partial charge in [-0.1, -0.05) is 6.58 Å². The van der Waals surface area contributed by atoms with Crippen LogP contribution in [-0.4, -0.2) is 13.8 Å². The van der Waals surface area contributed by atoms with Gasteiger partial charge in [0, 0.05) is 7.05 Å². The molecule has 2 nitrogen and oxygen atoms in total. The first kappa shape index (κ1) is 5.21. The van der Waals surface area contributed by atoms with E-state index in [4.69, 9.17) is 0 Å². The highest BCUT2D eigenvalue weighted by molar-refractivity contribution is 5.27. The van der Waals surface area contributed by atoms with Gasteiger partial charge in [-0.05, 0) is 6.72 Å². The van der Waals surface area contributed by atoms with Crippen molar-refractivity contribution in [1.29, 1.82) is 0 Å². The first-order chi connectivity index (χ1) is 2.81. The summed E-state index contributed by atoms with van der Waals surface area (Å²) < 4.78 is 0. The van der Waals surface area contributed by atoms with E-state index in [0.717, 1.165) is 0 Å². The lowest BCUT2D eigenvalue weighted by Gasteiger charge is -1.89. The fourth-order valence-corrected chi connectivity index (χ4v) is 0.0791. The van der Waals surface area contributed by atoms with Gasteiger partial charge < -0.3 is 5.32 Å². The van der Waals surface area contributed by atoms with Gasteiger partial charge in [-0.3, -0.25) is 0 Å². The number of rotatable bonds is 2. The predicted octanol–water partition coefficient (Wildman–Crippen LogP) is 0.378. The summed E-state index contributed by atoms with van der Waals surface area (Å²) in [7, 11) is 1.75. The molecule has 0 saturated carbocycles. The van der Waals surface area contributed by atoms with Crippen molar-refractivity contribution in [3.63, 3.8) is 0 Å². The third-order valence-electron chi connectivity index (χ3n) is 0.479. The molecule has 0 aliphatic heterocycles. The molecular weight excluding hydrogens is 76.1 g/mol. The van der Waals surface area contributed by atoms with Gasteiger partial charge >= 0.3 is 0 Å². The van der Waals surface area contributed by atoms with Gasteiger partial charge in [-0.15, -0.1) is 0 Å². The molecule has 1 N–H and O–H groups in total. The van der Waals surface area contributed by atoms with Crippen LogP contribution in [0.2, 0.25) is 0 Å². The highest BCUT2D eigenvalue weighted by Crippen LogP contribution is 1.75. The zero-order valence-corrected chi connectivity index (χ0v) is 3.86. The Morgan fingerprint density at radius 2 is 2.33 bits per heavy atom. The first-order valence-corrected chi connectivity index (χ1v) is 1.64. The average molecular weight is 84.1 g/mol. The number of hydrogen-bond donors (Lipinski definition) is 1. The molecule has 0 radical (unpaired) electrons. The Morgan fingerprint density at radius 3 is 2.33 bits per heavy atom. The highest BCUT2D eigenvalue weighted by Gasteiger charge is 1.69. The fraction of sp³-hybridized carbons (Fsp3) is 0.250. The number of hydrogen-bond acceptors (Lipinski definition) is 2. The molecule has 0 aliphatic carbocycles. The molecule has 34 valence electrons. The first-order valence-electron chi connectivity index (χ1n) is 1.64. The van der Waals surface area contributed by atoms with Crippen LogP contribution in [0.15, 0.2) is 17.4 Å². The van der Waals surface area contributed by atoms with Crippen LogP contribution >= 0.6 is 0 Å². The molecule has 0 saturated heterocycles. The van der Waals surface area contributed by atoms with Crippen LogP contribution in [0.4, 0.5) is 0 Å². The van der Waals surface area contributed by atoms with Crippen LogP contribution in [0.3, 0.4) is 0 Å². The minimum Gasteiger partial charge on any atom is -0.374 e. The van der Waals surface area contributed by atoms with Crippen molar-refractivity contribution >= 4 is 6.72 Å². The monoisotopic (exact) mass is 84.1 g/mol. The minimum atomic E-state index is 0.606. The molecule has 2 heteroatoms. The summed E-state index contributed by atoms with van der Waals surface area (Å²) in [5.74, 6) is 0.606. The maximum absolute atomic E-state index is 3.45. The number of aliphatic imine (C=N–C) groups is 1. The molecule has 0 unspecified atom stereocenters. The Hall–Kier alpha value is -0.790. The van der Waals surface area contributed by atoms with Gasteiger partial charge in [0.05, 0.1) is 0 Å². The summed E-state index contributed by atoms with van der Waals surface area (Å²) in [5, 5.41) is 2.69. The molecule has 0 fully saturated rings. The van der Waals surface area contributed by atoms with Crippen LogP contribution in [0.25, 0.3) is 0 Å². The van der Waals surface area contributed by atoms with Crippen molar-refractivity contribution in [2.75, 3.05) is 7.05 Å². The van der Waals surface area contributed by atoms with E-state index in [9.17, 15) is 0 Å². The smallest absolute Gasteiger partial charge is 0.117 e. The van der Waals surface area contributed by atoms with E-state index in [2.05, 4.69) is 23.6 Å². The average Bonchev–Trinajstić information content (AvgIpc) is 1.65. The Labute approximate surface area is 37.6 Å². The zero-order valence-electron chi connectivity index (χ0n) is 3.86. The minimum absolute atomic E-state index is 0.606. The second kappa shape index (κ2) is 2.45. The molecule has 0 spiro atoms. The Balaban J connectivity index is 3.23.